The van der Waals surface area contributed by atoms with Crippen molar-refractivity contribution in [1.29, 1.82) is 0 Å². The van der Waals surface area contributed by atoms with Gasteiger partial charge in [-0.15, -0.1) is 0 Å². The Balaban J connectivity index is 2.77. The number of ether oxygens (including phenoxy) is 2. The van der Waals surface area contributed by atoms with E-state index in [0.717, 1.165) is 23.6 Å². The van der Waals surface area contributed by atoms with Crippen LogP contribution in [0.4, 0.5) is 0 Å². The number of methoxy groups -OCH3 is 1. The van der Waals surface area contributed by atoms with Crippen LogP contribution in [0.25, 0.3) is 0 Å². The van der Waals surface area contributed by atoms with E-state index in [1.54, 1.807) is 7.11 Å². The van der Waals surface area contributed by atoms with E-state index in [4.69, 9.17) is 9.47 Å². The molecule has 0 aliphatic carbocycles. The second kappa shape index (κ2) is 6.95. The van der Waals surface area contributed by atoms with E-state index in [-0.39, 0.29) is 6.10 Å². The third-order valence-corrected chi connectivity index (χ3v) is 2.70. The third-order valence-electron chi connectivity index (χ3n) is 2.70. The van der Waals surface area contributed by atoms with Gasteiger partial charge in [0.25, 0.3) is 0 Å². The molecule has 0 fully saturated rings. The first-order valence-corrected chi connectivity index (χ1v) is 6.96. The highest BCUT2D eigenvalue weighted by atomic mass is 16.5. The molecule has 0 aliphatic heterocycles. The van der Waals surface area contributed by atoms with E-state index >= 15 is 0 Å². The molecule has 0 aliphatic rings. The molecule has 1 aromatic rings. The van der Waals surface area contributed by atoms with Crippen LogP contribution in [-0.4, -0.2) is 42.4 Å². The summed E-state index contributed by atoms with van der Waals surface area (Å²) < 4.78 is 11.1. The standard InChI is InChI=1S/C16H27NO3/c1-12(2)20-14-8-7-13(9-15(14)19-6)10-17(5)11-16(3,4)18/h7-9,12,18H,10-11H2,1-6H3. The molecule has 1 N–H and O–H groups in total. The quantitative estimate of drug-likeness (QED) is 0.834. The van der Waals surface area contributed by atoms with Gasteiger partial charge in [0.2, 0.25) is 0 Å². The number of nitrogens with zero attached hydrogens (tertiary/aromatic N) is 1. The lowest BCUT2D eigenvalue weighted by atomic mass is 10.1. The zero-order valence-electron chi connectivity index (χ0n) is 13.4. The minimum atomic E-state index is -0.695. The average molecular weight is 281 g/mol. The molecule has 1 aromatic carbocycles. The van der Waals surface area contributed by atoms with Crippen LogP contribution in [0.5, 0.6) is 11.5 Å². The second-order valence-electron chi connectivity index (χ2n) is 6.14. The lowest BCUT2D eigenvalue weighted by molar-refractivity contribution is 0.0424. The molecule has 0 atom stereocenters. The monoisotopic (exact) mass is 281 g/mol. The van der Waals surface area contributed by atoms with E-state index < -0.39 is 5.60 Å². The van der Waals surface area contributed by atoms with E-state index in [9.17, 15) is 5.11 Å². The summed E-state index contributed by atoms with van der Waals surface area (Å²) in [6, 6.07) is 5.95. The van der Waals surface area contributed by atoms with Crippen molar-refractivity contribution in [2.75, 3.05) is 20.7 Å². The molecule has 1 rings (SSSR count). The molecule has 4 heteroatoms. The zero-order chi connectivity index (χ0) is 15.3. The highest BCUT2D eigenvalue weighted by molar-refractivity contribution is 5.43. The average Bonchev–Trinajstić information content (AvgIpc) is 2.27. The Morgan fingerprint density at radius 2 is 1.90 bits per heavy atom. The topological polar surface area (TPSA) is 41.9 Å². The Morgan fingerprint density at radius 3 is 2.40 bits per heavy atom. The van der Waals surface area contributed by atoms with Gasteiger partial charge in [0.1, 0.15) is 0 Å². The van der Waals surface area contributed by atoms with Gasteiger partial charge in [0.05, 0.1) is 18.8 Å². The minimum Gasteiger partial charge on any atom is -0.493 e. The van der Waals surface area contributed by atoms with Gasteiger partial charge in [0, 0.05) is 13.1 Å². The van der Waals surface area contributed by atoms with Crippen LogP contribution in [0.1, 0.15) is 33.3 Å². The molecule has 0 saturated heterocycles. The normalized spacial score (nSPS) is 12.1. The molecule has 0 amide bonds. The summed E-state index contributed by atoms with van der Waals surface area (Å²) in [5.41, 5.74) is 0.434. The van der Waals surface area contributed by atoms with Crippen molar-refractivity contribution in [2.24, 2.45) is 0 Å². The van der Waals surface area contributed by atoms with Gasteiger partial charge in [-0.1, -0.05) is 6.07 Å². The van der Waals surface area contributed by atoms with E-state index in [0.29, 0.717) is 6.54 Å². The Hall–Kier alpha value is -1.26. The van der Waals surface area contributed by atoms with Crippen LogP contribution >= 0.6 is 0 Å². The van der Waals surface area contributed by atoms with Gasteiger partial charge < -0.3 is 14.6 Å². The predicted molar refractivity (Wildman–Crippen MR) is 81.4 cm³/mol. The Labute approximate surface area is 122 Å². The van der Waals surface area contributed by atoms with Gasteiger partial charge in [-0.2, -0.15) is 0 Å². The number of benzene rings is 1. The Morgan fingerprint density at radius 1 is 1.25 bits per heavy atom. The summed E-state index contributed by atoms with van der Waals surface area (Å²) >= 11 is 0. The summed E-state index contributed by atoms with van der Waals surface area (Å²) in [7, 11) is 3.63. The molecule has 0 saturated carbocycles. The molecule has 0 bridgehead atoms. The van der Waals surface area contributed by atoms with E-state index in [2.05, 4.69) is 4.90 Å². The summed E-state index contributed by atoms with van der Waals surface area (Å²) in [5.74, 6) is 1.50. The van der Waals surface area contributed by atoms with E-state index in [1.165, 1.54) is 0 Å². The summed E-state index contributed by atoms with van der Waals surface area (Å²) in [4.78, 5) is 2.08. The largest absolute Gasteiger partial charge is 0.493 e. The number of hydrogen-bond donors (Lipinski definition) is 1. The van der Waals surface area contributed by atoms with Gasteiger partial charge in [0.15, 0.2) is 11.5 Å². The fourth-order valence-corrected chi connectivity index (χ4v) is 2.19. The second-order valence-corrected chi connectivity index (χ2v) is 6.14. The van der Waals surface area contributed by atoms with Gasteiger partial charge >= 0.3 is 0 Å². The zero-order valence-corrected chi connectivity index (χ0v) is 13.4. The smallest absolute Gasteiger partial charge is 0.161 e. The van der Waals surface area contributed by atoms with Crippen LogP contribution in [0.2, 0.25) is 0 Å². The van der Waals surface area contributed by atoms with Gasteiger partial charge in [-0.05, 0) is 52.4 Å². The molecule has 20 heavy (non-hydrogen) atoms. The first-order valence-electron chi connectivity index (χ1n) is 6.96. The molecule has 0 unspecified atom stereocenters. The molecule has 0 radical (unpaired) electrons. The summed E-state index contributed by atoms with van der Waals surface area (Å²) in [5, 5.41) is 9.82. The Kier molecular flexibility index (Phi) is 5.84. The van der Waals surface area contributed by atoms with Crippen molar-refractivity contribution in [2.45, 2.75) is 45.9 Å². The molecule has 114 valence electrons. The summed E-state index contributed by atoms with van der Waals surface area (Å²) in [6.45, 7) is 8.96. The molecular weight excluding hydrogens is 254 g/mol. The fourth-order valence-electron chi connectivity index (χ4n) is 2.19. The molecular formula is C16H27NO3. The van der Waals surface area contributed by atoms with Crippen LogP contribution < -0.4 is 9.47 Å². The van der Waals surface area contributed by atoms with Crippen molar-refractivity contribution in [3.05, 3.63) is 23.8 Å². The SMILES string of the molecule is COc1cc(CN(C)CC(C)(C)O)ccc1OC(C)C. The number of hydrogen-bond acceptors (Lipinski definition) is 4. The Bertz CT molecular complexity index is 424. The van der Waals surface area contributed by atoms with Crippen molar-refractivity contribution in [3.8, 4) is 11.5 Å². The van der Waals surface area contributed by atoms with Crippen molar-refractivity contribution in [3.63, 3.8) is 0 Å². The first kappa shape index (κ1) is 16.8. The highest BCUT2D eigenvalue weighted by Crippen LogP contribution is 2.29. The summed E-state index contributed by atoms with van der Waals surface area (Å²) in [6.07, 6.45) is 0.118. The van der Waals surface area contributed by atoms with Crippen LogP contribution in [-0.2, 0) is 6.54 Å². The first-order chi connectivity index (χ1) is 9.21. The third kappa shape index (κ3) is 5.80. The molecule has 0 aromatic heterocycles. The number of likely N-dealkylation sites (N-methyl/N-ethyl adjacent to an activating group) is 1. The lowest BCUT2D eigenvalue weighted by Gasteiger charge is -2.25. The highest BCUT2D eigenvalue weighted by Gasteiger charge is 2.16. The van der Waals surface area contributed by atoms with Gasteiger partial charge in [-0.3, -0.25) is 4.90 Å². The van der Waals surface area contributed by atoms with E-state index in [1.807, 2.05) is 52.9 Å². The van der Waals surface area contributed by atoms with Crippen LogP contribution in [0.15, 0.2) is 18.2 Å². The molecule has 0 heterocycles. The van der Waals surface area contributed by atoms with Crippen LogP contribution in [0, 0.1) is 0 Å². The van der Waals surface area contributed by atoms with Crippen LogP contribution in [0.3, 0.4) is 0 Å². The van der Waals surface area contributed by atoms with Crippen molar-refractivity contribution >= 4 is 0 Å². The van der Waals surface area contributed by atoms with Crippen molar-refractivity contribution < 1.29 is 14.6 Å². The molecule has 4 nitrogen and oxygen atoms in total. The maximum Gasteiger partial charge on any atom is 0.161 e. The minimum absolute atomic E-state index is 0.118. The lowest BCUT2D eigenvalue weighted by Crippen LogP contribution is -2.35. The fraction of sp³-hybridized carbons (Fsp3) is 0.625. The maximum atomic E-state index is 9.82. The molecule has 0 spiro atoms. The number of aliphatic hydroxyl groups is 1. The number of rotatable bonds is 7. The maximum absolute atomic E-state index is 9.82. The van der Waals surface area contributed by atoms with Gasteiger partial charge in [-0.25, -0.2) is 0 Å². The van der Waals surface area contributed by atoms with Crippen molar-refractivity contribution in [1.82, 2.24) is 4.90 Å². The predicted octanol–water partition coefficient (Wildman–Crippen LogP) is 2.69.